The molecule has 0 saturated carbocycles. The molecule has 0 radical (unpaired) electrons. The first-order valence-corrected chi connectivity index (χ1v) is 12.4. The van der Waals surface area contributed by atoms with Gasteiger partial charge in [0.2, 0.25) is 0 Å². The Balaban J connectivity index is 2.03. The first kappa shape index (κ1) is 22.8. The van der Waals surface area contributed by atoms with E-state index in [1.807, 2.05) is 6.08 Å². The first-order valence-electron chi connectivity index (χ1n) is 10.4. The average Bonchev–Trinajstić information content (AvgIpc) is 2.80. The number of allylic oxidation sites excluding steroid dienone is 2. The fourth-order valence-corrected chi connectivity index (χ4v) is 5.21. The van der Waals surface area contributed by atoms with Crippen LogP contribution in [0.25, 0.3) is 5.57 Å². The van der Waals surface area contributed by atoms with Gasteiger partial charge >= 0.3 is 192 Å². The van der Waals surface area contributed by atoms with Crippen molar-refractivity contribution < 1.29 is 9.53 Å². The molecule has 3 heteroatoms. The molecule has 0 atom stereocenters. The van der Waals surface area contributed by atoms with Crippen molar-refractivity contribution in [2.24, 2.45) is 0 Å². The monoisotopic (exact) mass is 476 g/mol. The Morgan fingerprint density at radius 2 is 1.35 bits per heavy atom. The number of hydrogen-bond donors (Lipinski definition) is 0. The Bertz CT molecular complexity index is 999. The van der Waals surface area contributed by atoms with E-state index in [1.54, 1.807) is 0 Å². The van der Waals surface area contributed by atoms with E-state index in [-0.39, 0.29) is 5.97 Å². The van der Waals surface area contributed by atoms with Crippen molar-refractivity contribution >= 4 is 31.0 Å². The van der Waals surface area contributed by atoms with Crippen LogP contribution in [0.4, 0.5) is 0 Å². The number of aryl methyl sites for hydroxylation is 2. The van der Waals surface area contributed by atoms with Gasteiger partial charge in [0.1, 0.15) is 0 Å². The van der Waals surface area contributed by atoms with Gasteiger partial charge in [-0.1, -0.05) is 0 Å². The van der Waals surface area contributed by atoms with Crippen LogP contribution in [0, 0.1) is 13.8 Å². The molecule has 3 aromatic rings. The van der Waals surface area contributed by atoms with Crippen LogP contribution in [-0.2, 0) is 9.53 Å². The molecule has 0 aliphatic carbocycles. The van der Waals surface area contributed by atoms with E-state index in [9.17, 15) is 4.79 Å². The normalized spacial score (nSPS) is 10.8. The van der Waals surface area contributed by atoms with Crippen LogP contribution in [0.5, 0.6) is 0 Å². The number of ether oxygens (including phenoxy) is 1. The van der Waals surface area contributed by atoms with Crippen LogP contribution >= 0.6 is 0 Å². The quantitative estimate of drug-likeness (QED) is 0.182. The van der Waals surface area contributed by atoms with Crippen LogP contribution in [0.2, 0.25) is 5.32 Å². The molecule has 2 nitrogen and oxygen atoms in total. The van der Waals surface area contributed by atoms with Gasteiger partial charge in [-0.2, -0.15) is 0 Å². The summed E-state index contributed by atoms with van der Waals surface area (Å²) in [5.41, 5.74) is 7.09. The predicted molar refractivity (Wildman–Crippen MR) is 131 cm³/mol. The van der Waals surface area contributed by atoms with E-state index < -0.39 is 0 Å². The van der Waals surface area contributed by atoms with E-state index in [4.69, 9.17) is 4.74 Å². The summed E-state index contributed by atoms with van der Waals surface area (Å²) in [7, 11) is 1.41. The minimum absolute atomic E-state index is 0.335. The maximum absolute atomic E-state index is 11.9. The number of carbonyl (C=O) groups is 1. The summed E-state index contributed by atoms with van der Waals surface area (Å²) in [5.74, 6) is -0.335. The van der Waals surface area contributed by atoms with Gasteiger partial charge in [0.15, 0.2) is 0 Å². The van der Waals surface area contributed by atoms with E-state index in [0.717, 1.165) is 28.4 Å². The SMILES string of the molecule is COC(=O)/C=C/C(CC[Se]c1ccccc1)=C(c1ccc(C)cc1)c1ccc(C)cc1. The Labute approximate surface area is 191 Å². The summed E-state index contributed by atoms with van der Waals surface area (Å²) >= 11 is 0.372. The molecule has 0 aliphatic rings. The van der Waals surface area contributed by atoms with Crippen molar-refractivity contribution in [2.45, 2.75) is 25.6 Å². The van der Waals surface area contributed by atoms with Crippen molar-refractivity contribution in [2.75, 3.05) is 7.11 Å². The van der Waals surface area contributed by atoms with Crippen molar-refractivity contribution in [3.8, 4) is 0 Å². The fourth-order valence-electron chi connectivity index (χ4n) is 3.30. The van der Waals surface area contributed by atoms with Gasteiger partial charge in [0, 0.05) is 0 Å². The molecule has 0 aromatic heterocycles. The second kappa shape index (κ2) is 11.5. The van der Waals surface area contributed by atoms with Gasteiger partial charge < -0.3 is 0 Å². The second-order valence-electron chi connectivity index (χ2n) is 7.40. The van der Waals surface area contributed by atoms with Crippen LogP contribution in [0.3, 0.4) is 0 Å². The van der Waals surface area contributed by atoms with Crippen molar-refractivity contribution in [1.82, 2.24) is 0 Å². The Hall–Kier alpha value is -2.87. The molecule has 0 bridgehead atoms. The molecular formula is C28H28O2Se. The molecule has 0 fully saturated rings. The maximum atomic E-state index is 11.9. The predicted octanol–water partition coefficient (Wildman–Crippen LogP) is 5.67. The van der Waals surface area contributed by atoms with Crippen molar-refractivity contribution in [3.63, 3.8) is 0 Å². The van der Waals surface area contributed by atoms with E-state index in [0.29, 0.717) is 15.0 Å². The van der Waals surface area contributed by atoms with Gasteiger partial charge in [-0.25, -0.2) is 0 Å². The molecule has 0 heterocycles. The zero-order valence-electron chi connectivity index (χ0n) is 18.3. The summed E-state index contributed by atoms with van der Waals surface area (Å²) in [6.07, 6.45) is 4.36. The van der Waals surface area contributed by atoms with Gasteiger partial charge in [-0.15, -0.1) is 0 Å². The number of esters is 1. The van der Waals surface area contributed by atoms with Crippen LogP contribution in [0.1, 0.15) is 28.7 Å². The van der Waals surface area contributed by atoms with Crippen molar-refractivity contribution in [1.29, 1.82) is 0 Å². The molecule has 31 heavy (non-hydrogen) atoms. The standard InChI is InChI=1S/C28H28O2Se/c1-21-9-13-23(14-10-21)28(24-15-11-22(2)12-16-24)25(17-18-27(29)30-3)19-20-31-26-7-5-4-6-8-26/h4-18H,19-20H2,1-3H3/b18-17+. The van der Waals surface area contributed by atoms with Crippen LogP contribution in [-0.4, -0.2) is 28.0 Å². The number of hydrogen-bond acceptors (Lipinski definition) is 2. The van der Waals surface area contributed by atoms with Gasteiger partial charge in [0.05, 0.1) is 0 Å². The topological polar surface area (TPSA) is 26.3 Å². The molecule has 0 unspecified atom stereocenters. The van der Waals surface area contributed by atoms with E-state index >= 15 is 0 Å². The molecule has 0 saturated heterocycles. The third kappa shape index (κ3) is 6.82. The molecule has 3 rings (SSSR count). The number of benzene rings is 3. The van der Waals surface area contributed by atoms with Crippen molar-refractivity contribution in [3.05, 3.63) is 119 Å². The number of rotatable bonds is 8. The summed E-state index contributed by atoms with van der Waals surface area (Å²) in [6, 6.07) is 27.8. The molecule has 0 N–H and O–H groups in total. The number of methoxy groups -OCH3 is 1. The van der Waals surface area contributed by atoms with Crippen LogP contribution in [0.15, 0.2) is 96.6 Å². The summed E-state index contributed by atoms with van der Waals surface area (Å²) in [4.78, 5) is 11.9. The summed E-state index contributed by atoms with van der Waals surface area (Å²) in [6.45, 7) is 4.19. The molecule has 3 aromatic carbocycles. The number of carbonyl (C=O) groups excluding carboxylic acids is 1. The Kier molecular flexibility index (Phi) is 8.46. The average molecular weight is 475 g/mol. The Morgan fingerprint density at radius 1 is 0.806 bits per heavy atom. The zero-order chi connectivity index (χ0) is 22.1. The molecule has 158 valence electrons. The summed E-state index contributed by atoms with van der Waals surface area (Å²) in [5, 5.41) is 1.05. The molecule has 0 aliphatic heterocycles. The molecular weight excluding hydrogens is 447 g/mol. The fraction of sp³-hybridized carbons (Fsp3) is 0.179. The van der Waals surface area contributed by atoms with Gasteiger partial charge in [-0.05, 0) is 0 Å². The Morgan fingerprint density at radius 3 is 1.87 bits per heavy atom. The van der Waals surface area contributed by atoms with E-state index in [1.165, 1.54) is 34.3 Å². The molecule has 0 amide bonds. The van der Waals surface area contributed by atoms with Gasteiger partial charge in [-0.3, -0.25) is 0 Å². The summed E-state index contributed by atoms with van der Waals surface area (Å²) < 4.78 is 6.24. The zero-order valence-corrected chi connectivity index (χ0v) is 20.0. The van der Waals surface area contributed by atoms with Gasteiger partial charge in [0.25, 0.3) is 0 Å². The second-order valence-corrected chi connectivity index (χ2v) is 9.85. The first-order chi connectivity index (χ1) is 15.1. The molecule has 0 spiro atoms. The van der Waals surface area contributed by atoms with E-state index in [2.05, 4.69) is 92.7 Å². The third-order valence-electron chi connectivity index (χ3n) is 5.01. The third-order valence-corrected chi connectivity index (χ3v) is 7.13. The van der Waals surface area contributed by atoms with Crippen LogP contribution < -0.4 is 4.46 Å². The minimum atomic E-state index is -0.335.